The van der Waals surface area contributed by atoms with Gasteiger partial charge in [-0.3, -0.25) is 4.79 Å². The van der Waals surface area contributed by atoms with E-state index in [-0.39, 0.29) is 11.9 Å². The van der Waals surface area contributed by atoms with Gasteiger partial charge in [0.1, 0.15) is 24.7 Å². The lowest BCUT2D eigenvalue weighted by Gasteiger charge is -2.26. The fraction of sp³-hybridized carbons (Fsp3) is 0.348. The van der Waals surface area contributed by atoms with Gasteiger partial charge in [0, 0.05) is 18.2 Å². The molecule has 6 heteroatoms. The second-order valence-electron chi connectivity index (χ2n) is 7.03. The molecule has 152 valence electrons. The van der Waals surface area contributed by atoms with Gasteiger partial charge < -0.3 is 23.8 Å². The second-order valence-corrected chi connectivity index (χ2v) is 7.03. The van der Waals surface area contributed by atoms with Crippen molar-refractivity contribution in [3.63, 3.8) is 0 Å². The van der Waals surface area contributed by atoms with Crippen molar-refractivity contribution in [2.24, 2.45) is 0 Å². The highest BCUT2D eigenvalue weighted by Crippen LogP contribution is 2.38. The predicted molar refractivity (Wildman–Crippen MR) is 110 cm³/mol. The van der Waals surface area contributed by atoms with E-state index in [0.717, 1.165) is 42.0 Å². The van der Waals surface area contributed by atoms with E-state index < -0.39 is 0 Å². The first-order chi connectivity index (χ1) is 14.2. The lowest BCUT2D eigenvalue weighted by Crippen LogP contribution is -2.29. The zero-order chi connectivity index (χ0) is 20.2. The van der Waals surface area contributed by atoms with Crippen molar-refractivity contribution in [2.45, 2.75) is 18.9 Å². The third kappa shape index (κ3) is 4.01. The summed E-state index contributed by atoms with van der Waals surface area (Å²) in [5, 5.41) is 0. The van der Waals surface area contributed by atoms with E-state index in [4.69, 9.17) is 18.9 Å². The van der Waals surface area contributed by atoms with Crippen LogP contribution in [-0.4, -0.2) is 44.8 Å². The number of methoxy groups -OCH3 is 2. The van der Waals surface area contributed by atoms with Crippen molar-refractivity contribution in [1.82, 2.24) is 4.90 Å². The fourth-order valence-corrected chi connectivity index (χ4v) is 3.87. The Morgan fingerprint density at radius 2 is 1.90 bits per heavy atom. The molecule has 0 aliphatic carbocycles. The Labute approximate surface area is 170 Å². The van der Waals surface area contributed by atoms with Crippen LogP contribution >= 0.6 is 0 Å². The van der Waals surface area contributed by atoms with Crippen molar-refractivity contribution in [2.75, 3.05) is 34.0 Å². The maximum absolute atomic E-state index is 13.0. The Morgan fingerprint density at radius 3 is 2.69 bits per heavy atom. The minimum absolute atomic E-state index is 0.0211. The number of benzene rings is 2. The molecule has 0 N–H and O–H groups in total. The van der Waals surface area contributed by atoms with Gasteiger partial charge in [-0.25, -0.2) is 0 Å². The third-order valence-electron chi connectivity index (χ3n) is 5.33. The molecule has 1 fully saturated rings. The number of rotatable bonds is 5. The zero-order valence-electron chi connectivity index (χ0n) is 16.7. The molecule has 2 aromatic rings. The highest BCUT2D eigenvalue weighted by molar-refractivity contribution is 5.92. The van der Waals surface area contributed by atoms with E-state index in [2.05, 4.69) is 0 Å². The third-order valence-corrected chi connectivity index (χ3v) is 5.33. The average molecular weight is 395 g/mol. The Balaban J connectivity index is 1.53. The molecule has 29 heavy (non-hydrogen) atoms. The van der Waals surface area contributed by atoms with Crippen LogP contribution in [0.25, 0.3) is 6.08 Å². The van der Waals surface area contributed by atoms with Gasteiger partial charge in [0.2, 0.25) is 5.91 Å². The molecular formula is C23H25NO5. The standard InChI is InChI=1S/C23H25NO5/c1-26-18-7-9-20(27-2)17(14-18)6-10-23(25)24-11-3-4-19(24)16-5-8-21-22(15-16)29-13-12-28-21/h5-10,14-15,19H,3-4,11-13H2,1-2H3. The molecule has 1 unspecified atom stereocenters. The Hall–Kier alpha value is -3.15. The number of nitrogens with zero attached hydrogens (tertiary/aromatic N) is 1. The van der Waals surface area contributed by atoms with Gasteiger partial charge >= 0.3 is 0 Å². The van der Waals surface area contributed by atoms with E-state index in [1.165, 1.54) is 0 Å². The number of carbonyl (C=O) groups excluding carboxylic acids is 1. The molecule has 0 bridgehead atoms. The molecule has 4 rings (SSSR count). The van der Waals surface area contributed by atoms with Crippen LogP contribution in [0, 0.1) is 0 Å². The number of carbonyl (C=O) groups is 1. The molecule has 2 aliphatic heterocycles. The van der Waals surface area contributed by atoms with Crippen LogP contribution in [0.2, 0.25) is 0 Å². The van der Waals surface area contributed by atoms with Crippen molar-refractivity contribution in [3.05, 3.63) is 53.6 Å². The minimum atomic E-state index is -0.0211. The molecule has 0 spiro atoms. The molecule has 2 aromatic carbocycles. The summed E-state index contributed by atoms with van der Waals surface area (Å²) in [6, 6.07) is 11.5. The molecule has 6 nitrogen and oxygen atoms in total. The topological polar surface area (TPSA) is 57.2 Å². The van der Waals surface area contributed by atoms with Crippen molar-refractivity contribution >= 4 is 12.0 Å². The van der Waals surface area contributed by atoms with Crippen molar-refractivity contribution in [1.29, 1.82) is 0 Å². The van der Waals surface area contributed by atoms with Gasteiger partial charge in [0.15, 0.2) is 11.5 Å². The Bertz CT molecular complexity index is 923. The monoisotopic (exact) mass is 395 g/mol. The van der Waals surface area contributed by atoms with Crippen LogP contribution in [0.5, 0.6) is 23.0 Å². The van der Waals surface area contributed by atoms with Crippen molar-refractivity contribution in [3.8, 4) is 23.0 Å². The van der Waals surface area contributed by atoms with Gasteiger partial charge in [-0.1, -0.05) is 6.07 Å². The molecule has 2 heterocycles. The highest BCUT2D eigenvalue weighted by Gasteiger charge is 2.29. The van der Waals surface area contributed by atoms with Crippen LogP contribution in [0.15, 0.2) is 42.5 Å². The normalized spacial score (nSPS) is 18.1. The number of hydrogen-bond donors (Lipinski definition) is 0. The quantitative estimate of drug-likeness (QED) is 0.720. The second kappa shape index (κ2) is 8.47. The summed E-state index contributed by atoms with van der Waals surface area (Å²) in [5.41, 5.74) is 1.88. The summed E-state index contributed by atoms with van der Waals surface area (Å²) in [7, 11) is 3.22. The molecule has 1 atom stereocenters. The average Bonchev–Trinajstić information content (AvgIpc) is 3.27. The van der Waals surface area contributed by atoms with Gasteiger partial charge in [-0.15, -0.1) is 0 Å². The molecular weight excluding hydrogens is 370 g/mol. The summed E-state index contributed by atoms with van der Waals surface area (Å²) in [4.78, 5) is 14.9. The maximum Gasteiger partial charge on any atom is 0.247 e. The van der Waals surface area contributed by atoms with Crippen LogP contribution in [0.3, 0.4) is 0 Å². The van der Waals surface area contributed by atoms with Gasteiger partial charge in [0.05, 0.1) is 20.3 Å². The van der Waals surface area contributed by atoms with Crippen molar-refractivity contribution < 1.29 is 23.7 Å². The summed E-state index contributed by atoms with van der Waals surface area (Å²) in [5.74, 6) is 2.91. The summed E-state index contributed by atoms with van der Waals surface area (Å²) in [6.45, 7) is 1.85. The minimum Gasteiger partial charge on any atom is -0.497 e. The molecule has 0 saturated carbocycles. The first-order valence-corrected chi connectivity index (χ1v) is 9.80. The first kappa shape index (κ1) is 19.2. The van der Waals surface area contributed by atoms with Crippen LogP contribution < -0.4 is 18.9 Å². The lowest BCUT2D eigenvalue weighted by atomic mass is 10.0. The van der Waals surface area contributed by atoms with Gasteiger partial charge in [-0.05, 0) is 54.8 Å². The molecule has 0 radical (unpaired) electrons. The number of amides is 1. The van der Waals surface area contributed by atoms with E-state index in [1.807, 2.05) is 41.3 Å². The first-order valence-electron chi connectivity index (χ1n) is 9.80. The van der Waals surface area contributed by atoms with Gasteiger partial charge in [0.25, 0.3) is 0 Å². The van der Waals surface area contributed by atoms with E-state index in [1.54, 1.807) is 26.4 Å². The van der Waals surface area contributed by atoms with Gasteiger partial charge in [-0.2, -0.15) is 0 Å². The number of ether oxygens (including phenoxy) is 4. The fourth-order valence-electron chi connectivity index (χ4n) is 3.87. The Kier molecular flexibility index (Phi) is 5.60. The molecule has 1 amide bonds. The van der Waals surface area contributed by atoms with Crippen LogP contribution in [0.4, 0.5) is 0 Å². The van der Waals surface area contributed by atoms with Crippen LogP contribution in [0.1, 0.15) is 30.0 Å². The number of likely N-dealkylation sites (tertiary alicyclic amines) is 1. The molecule has 1 saturated heterocycles. The predicted octanol–water partition coefficient (Wildman–Crippen LogP) is 3.85. The van der Waals surface area contributed by atoms with E-state index >= 15 is 0 Å². The molecule has 0 aromatic heterocycles. The zero-order valence-corrected chi connectivity index (χ0v) is 16.7. The SMILES string of the molecule is COc1ccc(OC)c(C=CC(=O)N2CCCC2c2ccc3c(c2)OCCO3)c1. The van der Waals surface area contributed by atoms with E-state index in [9.17, 15) is 4.79 Å². The van der Waals surface area contributed by atoms with E-state index in [0.29, 0.717) is 24.7 Å². The highest BCUT2D eigenvalue weighted by atomic mass is 16.6. The maximum atomic E-state index is 13.0. The van der Waals surface area contributed by atoms with Crippen LogP contribution in [-0.2, 0) is 4.79 Å². The number of hydrogen-bond acceptors (Lipinski definition) is 5. The lowest BCUT2D eigenvalue weighted by molar-refractivity contribution is -0.126. The summed E-state index contributed by atoms with van der Waals surface area (Å²) < 4.78 is 22.0. The summed E-state index contributed by atoms with van der Waals surface area (Å²) in [6.07, 6.45) is 5.29. The smallest absolute Gasteiger partial charge is 0.247 e. The Morgan fingerprint density at radius 1 is 1.07 bits per heavy atom. The number of fused-ring (bicyclic) bond motifs is 1. The largest absolute Gasteiger partial charge is 0.497 e. The molecule has 2 aliphatic rings. The summed E-state index contributed by atoms with van der Waals surface area (Å²) >= 11 is 0.